The van der Waals surface area contributed by atoms with E-state index >= 15 is 0 Å². The lowest BCUT2D eigenvalue weighted by molar-refractivity contribution is 0.294. The minimum atomic E-state index is -0.275. The minimum Gasteiger partial charge on any atom is -0.492 e. The summed E-state index contributed by atoms with van der Waals surface area (Å²) in [5, 5.41) is 0. The molecule has 0 spiro atoms. The molecule has 0 saturated heterocycles. The summed E-state index contributed by atoms with van der Waals surface area (Å²) < 4.78 is 24.3. The van der Waals surface area contributed by atoms with Gasteiger partial charge in [-0.15, -0.1) is 0 Å². The maximum absolute atomic E-state index is 13.4. The number of nitrogens with two attached hydrogens (primary N) is 1. The Morgan fingerprint density at radius 1 is 1.11 bits per heavy atom. The molecule has 0 aliphatic heterocycles. The van der Waals surface area contributed by atoms with Crippen LogP contribution in [0.2, 0.25) is 0 Å². The van der Waals surface area contributed by atoms with Crippen molar-refractivity contribution in [1.82, 2.24) is 0 Å². The molecule has 2 aromatic rings. The van der Waals surface area contributed by atoms with Crippen LogP contribution < -0.4 is 15.2 Å². The van der Waals surface area contributed by atoms with Crippen molar-refractivity contribution in [2.24, 2.45) is 0 Å². The highest BCUT2D eigenvalue weighted by molar-refractivity contribution is 5.55. The predicted octanol–water partition coefficient (Wildman–Crippen LogP) is 3.39. The molecule has 4 heteroatoms. The first kappa shape index (κ1) is 13.2. The first-order valence-corrected chi connectivity index (χ1v) is 6.09. The Bertz CT molecular complexity index is 558. The van der Waals surface area contributed by atoms with Crippen molar-refractivity contribution < 1.29 is 13.9 Å². The Kier molecular flexibility index (Phi) is 4.23. The summed E-state index contributed by atoms with van der Waals surface area (Å²) in [6, 6.07) is 11.7. The van der Waals surface area contributed by atoms with E-state index in [9.17, 15) is 4.39 Å². The molecule has 2 N–H and O–H groups in total. The van der Waals surface area contributed by atoms with Crippen LogP contribution in [0.4, 0.5) is 10.1 Å². The molecule has 0 radical (unpaired) electrons. The molecule has 0 fully saturated rings. The fraction of sp³-hybridized carbons (Fsp3) is 0.200. The van der Waals surface area contributed by atoms with Crippen molar-refractivity contribution in [2.45, 2.75) is 13.5 Å². The molecule has 0 aliphatic rings. The second-order valence-electron chi connectivity index (χ2n) is 4.01. The van der Waals surface area contributed by atoms with E-state index in [-0.39, 0.29) is 12.4 Å². The SMILES string of the molecule is CCOc1cc(OCc2ccccc2F)ccc1N. The number of ether oxygens (including phenoxy) is 2. The van der Waals surface area contributed by atoms with E-state index in [0.717, 1.165) is 0 Å². The van der Waals surface area contributed by atoms with Gasteiger partial charge in [0.25, 0.3) is 0 Å². The third kappa shape index (κ3) is 3.37. The van der Waals surface area contributed by atoms with Crippen LogP contribution in [0.15, 0.2) is 42.5 Å². The van der Waals surface area contributed by atoms with Gasteiger partial charge in [-0.2, -0.15) is 0 Å². The standard InChI is InChI=1S/C15H16FNO2/c1-2-18-15-9-12(7-8-14(15)17)19-10-11-5-3-4-6-13(11)16/h3-9H,2,10,17H2,1H3. The van der Waals surface area contributed by atoms with Crippen molar-refractivity contribution in [1.29, 1.82) is 0 Å². The predicted molar refractivity (Wildman–Crippen MR) is 72.8 cm³/mol. The van der Waals surface area contributed by atoms with Gasteiger partial charge in [-0.3, -0.25) is 0 Å². The van der Waals surface area contributed by atoms with E-state index in [0.29, 0.717) is 29.4 Å². The van der Waals surface area contributed by atoms with E-state index in [4.69, 9.17) is 15.2 Å². The number of hydrogen-bond acceptors (Lipinski definition) is 3. The van der Waals surface area contributed by atoms with E-state index in [1.165, 1.54) is 6.07 Å². The Morgan fingerprint density at radius 3 is 2.63 bits per heavy atom. The topological polar surface area (TPSA) is 44.5 Å². The van der Waals surface area contributed by atoms with Gasteiger partial charge >= 0.3 is 0 Å². The Balaban J connectivity index is 2.07. The second kappa shape index (κ2) is 6.09. The van der Waals surface area contributed by atoms with Crippen LogP contribution >= 0.6 is 0 Å². The van der Waals surface area contributed by atoms with E-state index in [2.05, 4.69) is 0 Å². The van der Waals surface area contributed by atoms with Crippen LogP contribution in [0.25, 0.3) is 0 Å². The molecular formula is C15H16FNO2. The second-order valence-corrected chi connectivity index (χ2v) is 4.01. The van der Waals surface area contributed by atoms with E-state index in [1.807, 2.05) is 6.92 Å². The monoisotopic (exact) mass is 261 g/mol. The number of rotatable bonds is 5. The first-order valence-electron chi connectivity index (χ1n) is 6.09. The van der Waals surface area contributed by atoms with Gasteiger partial charge in [0.05, 0.1) is 12.3 Å². The van der Waals surface area contributed by atoms with Gasteiger partial charge in [0.15, 0.2) is 0 Å². The Morgan fingerprint density at radius 2 is 1.89 bits per heavy atom. The fourth-order valence-corrected chi connectivity index (χ4v) is 1.66. The molecule has 0 aliphatic carbocycles. The molecular weight excluding hydrogens is 245 g/mol. The summed E-state index contributed by atoms with van der Waals surface area (Å²) >= 11 is 0. The van der Waals surface area contributed by atoms with Crippen LogP contribution in [0.5, 0.6) is 11.5 Å². The highest BCUT2D eigenvalue weighted by Gasteiger charge is 2.05. The third-order valence-electron chi connectivity index (χ3n) is 2.64. The van der Waals surface area contributed by atoms with Crippen LogP contribution in [-0.2, 0) is 6.61 Å². The van der Waals surface area contributed by atoms with Gasteiger partial charge in [-0.25, -0.2) is 4.39 Å². The number of benzene rings is 2. The zero-order valence-corrected chi connectivity index (χ0v) is 10.7. The highest BCUT2D eigenvalue weighted by atomic mass is 19.1. The quantitative estimate of drug-likeness (QED) is 0.839. The first-order chi connectivity index (χ1) is 9.20. The van der Waals surface area contributed by atoms with Crippen LogP contribution in [0.1, 0.15) is 12.5 Å². The normalized spacial score (nSPS) is 10.2. The lowest BCUT2D eigenvalue weighted by Crippen LogP contribution is -2.00. The zero-order valence-electron chi connectivity index (χ0n) is 10.7. The molecule has 0 heterocycles. The highest BCUT2D eigenvalue weighted by Crippen LogP contribution is 2.27. The molecule has 19 heavy (non-hydrogen) atoms. The fourth-order valence-electron chi connectivity index (χ4n) is 1.66. The molecule has 0 atom stereocenters. The van der Waals surface area contributed by atoms with Crippen LogP contribution in [0, 0.1) is 5.82 Å². The molecule has 2 aromatic carbocycles. The van der Waals surface area contributed by atoms with Gasteiger partial charge in [-0.05, 0) is 25.1 Å². The summed E-state index contributed by atoms with van der Waals surface area (Å²) in [5.41, 5.74) is 6.83. The third-order valence-corrected chi connectivity index (χ3v) is 2.64. The zero-order chi connectivity index (χ0) is 13.7. The maximum Gasteiger partial charge on any atom is 0.145 e. The molecule has 0 amide bonds. The number of halogens is 1. The number of anilines is 1. The van der Waals surface area contributed by atoms with Crippen LogP contribution in [-0.4, -0.2) is 6.61 Å². The van der Waals surface area contributed by atoms with Gasteiger partial charge in [-0.1, -0.05) is 18.2 Å². The molecule has 100 valence electrons. The van der Waals surface area contributed by atoms with Crippen molar-refractivity contribution in [3.63, 3.8) is 0 Å². The minimum absolute atomic E-state index is 0.169. The van der Waals surface area contributed by atoms with Crippen molar-refractivity contribution in [3.05, 3.63) is 53.8 Å². The summed E-state index contributed by atoms with van der Waals surface area (Å²) in [6.45, 7) is 2.58. The number of hydrogen-bond donors (Lipinski definition) is 1. The summed E-state index contributed by atoms with van der Waals surface area (Å²) in [5.74, 6) is 0.900. The van der Waals surface area contributed by atoms with E-state index in [1.54, 1.807) is 36.4 Å². The Labute approximate surface area is 111 Å². The van der Waals surface area contributed by atoms with Crippen molar-refractivity contribution in [2.75, 3.05) is 12.3 Å². The molecule has 2 rings (SSSR count). The largest absolute Gasteiger partial charge is 0.492 e. The van der Waals surface area contributed by atoms with Gasteiger partial charge < -0.3 is 15.2 Å². The van der Waals surface area contributed by atoms with Gasteiger partial charge in [0, 0.05) is 11.6 Å². The number of nitrogen functional groups attached to an aromatic ring is 1. The molecule has 0 unspecified atom stereocenters. The van der Waals surface area contributed by atoms with Crippen LogP contribution in [0.3, 0.4) is 0 Å². The maximum atomic E-state index is 13.4. The average molecular weight is 261 g/mol. The van der Waals surface area contributed by atoms with Gasteiger partial charge in [0.1, 0.15) is 23.9 Å². The molecule has 0 saturated carbocycles. The average Bonchev–Trinajstić information content (AvgIpc) is 2.41. The van der Waals surface area contributed by atoms with Crippen molar-refractivity contribution >= 4 is 5.69 Å². The van der Waals surface area contributed by atoms with E-state index < -0.39 is 0 Å². The molecule has 0 aromatic heterocycles. The summed E-state index contributed by atoms with van der Waals surface area (Å²) in [4.78, 5) is 0. The summed E-state index contributed by atoms with van der Waals surface area (Å²) in [7, 11) is 0. The molecule has 0 bridgehead atoms. The molecule has 3 nitrogen and oxygen atoms in total. The van der Waals surface area contributed by atoms with Gasteiger partial charge in [0.2, 0.25) is 0 Å². The lowest BCUT2D eigenvalue weighted by atomic mass is 10.2. The van der Waals surface area contributed by atoms with Crippen molar-refractivity contribution in [3.8, 4) is 11.5 Å². The smallest absolute Gasteiger partial charge is 0.145 e. The Hall–Kier alpha value is -2.23. The summed E-state index contributed by atoms with van der Waals surface area (Å²) in [6.07, 6.45) is 0. The lowest BCUT2D eigenvalue weighted by Gasteiger charge is -2.11.